The molecule has 0 saturated carbocycles. The van der Waals surface area contributed by atoms with Crippen molar-refractivity contribution in [2.75, 3.05) is 18.4 Å². The van der Waals surface area contributed by atoms with E-state index in [0.717, 1.165) is 31.9 Å². The second-order valence-electron chi connectivity index (χ2n) is 3.71. The molecule has 1 aromatic heterocycles. The van der Waals surface area contributed by atoms with E-state index in [4.69, 9.17) is 0 Å². The van der Waals surface area contributed by atoms with Crippen LogP contribution in [0.5, 0.6) is 0 Å². The van der Waals surface area contributed by atoms with Gasteiger partial charge in [-0.3, -0.25) is 4.79 Å². The number of aromatic nitrogens is 2. The number of rotatable bonds is 3. The van der Waals surface area contributed by atoms with Gasteiger partial charge in [0.1, 0.15) is 5.82 Å². The molecule has 15 heavy (non-hydrogen) atoms. The molecule has 2 N–H and O–H groups in total. The number of carbonyl (C=O) groups is 1. The lowest BCUT2D eigenvalue weighted by Gasteiger charge is -2.10. The van der Waals surface area contributed by atoms with E-state index in [1.165, 1.54) is 0 Å². The Morgan fingerprint density at radius 1 is 1.80 bits per heavy atom. The Bertz CT molecular complexity index is 341. The first-order valence-corrected chi connectivity index (χ1v) is 5.34. The van der Waals surface area contributed by atoms with Gasteiger partial charge in [0.2, 0.25) is 5.91 Å². The highest BCUT2D eigenvalue weighted by molar-refractivity contribution is 5.92. The van der Waals surface area contributed by atoms with E-state index in [1.54, 1.807) is 10.9 Å². The summed E-state index contributed by atoms with van der Waals surface area (Å²) in [5.74, 6) is 0.981. The van der Waals surface area contributed by atoms with Gasteiger partial charge in [-0.15, -0.1) is 0 Å². The van der Waals surface area contributed by atoms with Crippen LogP contribution in [0.1, 0.15) is 13.3 Å². The van der Waals surface area contributed by atoms with Gasteiger partial charge in [-0.05, 0) is 19.9 Å². The summed E-state index contributed by atoms with van der Waals surface area (Å²) in [5.41, 5.74) is 0. The van der Waals surface area contributed by atoms with Gasteiger partial charge in [0.15, 0.2) is 0 Å². The molecule has 1 aliphatic rings. The van der Waals surface area contributed by atoms with E-state index in [2.05, 4.69) is 15.7 Å². The van der Waals surface area contributed by atoms with Crippen molar-refractivity contribution >= 4 is 11.7 Å². The van der Waals surface area contributed by atoms with Gasteiger partial charge >= 0.3 is 0 Å². The molecule has 1 fully saturated rings. The third kappa shape index (κ3) is 2.18. The van der Waals surface area contributed by atoms with Crippen LogP contribution in [-0.4, -0.2) is 28.8 Å². The quantitative estimate of drug-likeness (QED) is 0.758. The molecule has 1 amide bonds. The van der Waals surface area contributed by atoms with Crippen LogP contribution in [-0.2, 0) is 11.3 Å². The van der Waals surface area contributed by atoms with E-state index in [0.29, 0.717) is 0 Å². The van der Waals surface area contributed by atoms with Crippen molar-refractivity contribution in [3.05, 3.63) is 12.3 Å². The molecule has 1 saturated heterocycles. The normalized spacial score (nSPS) is 20.5. The highest BCUT2D eigenvalue weighted by Crippen LogP contribution is 2.12. The first-order chi connectivity index (χ1) is 7.31. The molecule has 2 heterocycles. The monoisotopic (exact) mass is 208 g/mol. The van der Waals surface area contributed by atoms with Gasteiger partial charge in [0, 0.05) is 19.2 Å². The zero-order valence-electron chi connectivity index (χ0n) is 8.86. The highest BCUT2D eigenvalue weighted by Gasteiger charge is 2.22. The Hall–Kier alpha value is -1.36. The number of amides is 1. The van der Waals surface area contributed by atoms with Gasteiger partial charge in [0.05, 0.1) is 12.1 Å². The number of hydrogen-bond acceptors (Lipinski definition) is 3. The van der Waals surface area contributed by atoms with Crippen LogP contribution in [0.15, 0.2) is 12.3 Å². The third-order valence-corrected chi connectivity index (χ3v) is 2.70. The molecule has 0 aliphatic carbocycles. The lowest BCUT2D eigenvalue weighted by atomic mass is 10.1. The Kier molecular flexibility index (Phi) is 3.01. The number of nitrogens with one attached hydrogen (secondary N) is 2. The molecule has 82 valence electrons. The highest BCUT2D eigenvalue weighted by atomic mass is 16.2. The van der Waals surface area contributed by atoms with Gasteiger partial charge in [-0.25, -0.2) is 4.68 Å². The molecule has 1 aliphatic heterocycles. The average molecular weight is 208 g/mol. The van der Waals surface area contributed by atoms with E-state index in [9.17, 15) is 4.79 Å². The van der Waals surface area contributed by atoms with E-state index < -0.39 is 0 Å². The molecular formula is C10H16N4O. The molecule has 1 aromatic rings. The van der Waals surface area contributed by atoms with Crippen LogP contribution in [0, 0.1) is 5.92 Å². The van der Waals surface area contributed by atoms with Crippen LogP contribution >= 0.6 is 0 Å². The van der Waals surface area contributed by atoms with Crippen molar-refractivity contribution in [2.24, 2.45) is 5.92 Å². The van der Waals surface area contributed by atoms with Crippen molar-refractivity contribution in [2.45, 2.75) is 19.9 Å². The molecule has 1 atom stereocenters. The minimum Gasteiger partial charge on any atom is -0.316 e. The molecule has 0 spiro atoms. The lowest BCUT2D eigenvalue weighted by Crippen LogP contribution is -2.25. The van der Waals surface area contributed by atoms with Gasteiger partial charge in [-0.2, -0.15) is 5.10 Å². The second-order valence-corrected chi connectivity index (χ2v) is 3.71. The van der Waals surface area contributed by atoms with Crippen LogP contribution in [0.4, 0.5) is 5.82 Å². The van der Waals surface area contributed by atoms with Gasteiger partial charge < -0.3 is 10.6 Å². The maximum absolute atomic E-state index is 11.8. The topological polar surface area (TPSA) is 59.0 Å². The fourth-order valence-electron chi connectivity index (χ4n) is 1.80. The first-order valence-electron chi connectivity index (χ1n) is 5.34. The molecule has 5 nitrogen and oxygen atoms in total. The predicted octanol–water partition coefficient (Wildman–Crippen LogP) is 0.451. The van der Waals surface area contributed by atoms with Gasteiger partial charge in [0.25, 0.3) is 0 Å². The number of aryl methyl sites for hydroxylation is 1. The minimum atomic E-state index is 0.0928. The Morgan fingerprint density at radius 3 is 3.33 bits per heavy atom. The standard InChI is InChI=1S/C10H16N4O/c1-2-14-9(4-6-12-14)13-10(15)8-3-5-11-7-8/h4,6,8,11H,2-3,5,7H2,1H3,(H,13,15)/t8-/m1/s1. The number of nitrogens with zero attached hydrogens (tertiary/aromatic N) is 2. The van der Waals surface area contributed by atoms with Crippen LogP contribution < -0.4 is 10.6 Å². The molecule has 5 heteroatoms. The molecule has 0 aromatic carbocycles. The summed E-state index contributed by atoms with van der Waals surface area (Å²) in [6.07, 6.45) is 2.62. The van der Waals surface area contributed by atoms with Gasteiger partial charge in [-0.1, -0.05) is 0 Å². The van der Waals surface area contributed by atoms with Crippen LogP contribution in [0.25, 0.3) is 0 Å². The molecule has 0 unspecified atom stereocenters. The Labute approximate surface area is 88.8 Å². The fraction of sp³-hybridized carbons (Fsp3) is 0.600. The summed E-state index contributed by atoms with van der Waals surface area (Å²) in [6, 6.07) is 1.82. The van der Waals surface area contributed by atoms with Crippen molar-refractivity contribution in [3.63, 3.8) is 0 Å². The first kappa shape index (κ1) is 10.2. The largest absolute Gasteiger partial charge is 0.316 e. The average Bonchev–Trinajstić information content (AvgIpc) is 2.87. The summed E-state index contributed by atoms with van der Waals surface area (Å²) in [5, 5.41) is 10.2. The van der Waals surface area contributed by atoms with E-state index in [1.807, 2.05) is 13.0 Å². The van der Waals surface area contributed by atoms with Crippen molar-refractivity contribution in [1.29, 1.82) is 0 Å². The summed E-state index contributed by atoms with van der Waals surface area (Å²) in [6.45, 7) is 4.49. The second kappa shape index (κ2) is 4.44. The van der Waals surface area contributed by atoms with Crippen molar-refractivity contribution in [1.82, 2.24) is 15.1 Å². The molecule has 0 bridgehead atoms. The maximum Gasteiger partial charge on any atom is 0.229 e. The van der Waals surface area contributed by atoms with Crippen LogP contribution in [0.2, 0.25) is 0 Å². The molecule has 2 rings (SSSR count). The summed E-state index contributed by atoms with van der Waals surface area (Å²) >= 11 is 0. The number of hydrogen-bond donors (Lipinski definition) is 2. The minimum absolute atomic E-state index is 0.0928. The predicted molar refractivity (Wildman–Crippen MR) is 57.5 cm³/mol. The zero-order valence-corrected chi connectivity index (χ0v) is 8.86. The fourth-order valence-corrected chi connectivity index (χ4v) is 1.80. The number of carbonyl (C=O) groups excluding carboxylic acids is 1. The SMILES string of the molecule is CCn1nccc1NC(=O)[C@@H]1CCNC1. The Balaban J connectivity index is 1.98. The zero-order chi connectivity index (χ0) is 10.7. The van der Waals surface area contributed by atoms with Crippen molar-refractivity contribution < 1.29 is 4.79 Å². The molecule has 0 radical (unpaired) electrons. The maximum atomic E-state index is 11.8. The lowest BCUT2D eigenvalue weighted by molar-refractivity contribution is -0.119. The summed E-state index contributed by atoms with van der Waals surface area (Å²) in [4.78, 5) is 11.8. The Morgan fingerprint density at radius 2 is 2.67 bits per heavy atom. The summed E-state index contributed by atoms with van der Waals surface area (Å²) in [7, 11) is 0. The van der Waals surface area contributed by atoms with Crippen LogP contribution in [0.3, 0.4) is 0 Å². The molecular weight excluding hydrogens is 192 g/mol. The smallest absolute Gasteiger partial charge is 0.229 e. The van der Waals surface area contributed by atoms with E-state index in [-0.39, 0.29) is 11.8 Å². The van der Waals surface area contributed by atoms with Crippen molar-refractivity contribution in [3.8, 4) is 0 Å². The summed E-state index contributed by atoms with van der Waals surface area (Å²) < 4.78 is 1.78. The third-order valence-electron chi connectivity index (χ3n) is 2.70. The number of anilines is 1. The van der Waals surface area contributed by atoms with E-state index >= 15 is 0 Å².